The Kier molecular flexibility index (Phi) is 5.27. The van der Waals surface area contributed by atoms with Gasteiger partial charge in [0.05, 0.1) is 11.7 Å². The van der Waals surface area contributed by atoms with Crippen molar-refractivity contribution in [1.29, 1.82) is 0 Å². The quantitative estimate of drug-likeness (QED) is 0.815. The van der Waals surface area contributed by atoms with Gasteiger partial charge in [-0.2, -0.15) is 4.98 Å². The maximum Gasteiger partial charge on any atom is 0.261 e. The van der Waals surface area contributed by atoms with E-state index in [9.17, 15) is 5.11 Å². The lowest BCUT2D eigenvalue weighted by atomic mass is 9.96. The van der Waals surface area contributed by atoms with Crippen molar-refractivity contribution >= 4 is 5.82 Å². The molecule has 0 aromatic carbocycles. The molecule has 0 spiro atoms. The van der Waals surface area contributed by atoms with E-state index in [1.807, 2.05) is 12.1 Å². The third-order valence-electron chi connectivity index (χ3n) is 3.64. The largest absolute Gasteiger partial charge is 0.391 e. The molecule has 1 atom stereocenters. The molecule has 2 N–H and O–H groups in total. The first kappa shape index (κ1) is 15.4. The minimum atomic E-state index is -0.403. The molecule has 0 bridgehead atoms. The summed E-state index contributed by atoms with van der Waals surface area (Å²) in [5.74, 6) is 1.94. The molecular weight excluding hydrogens is 268 g/mol. The minimum Gasteiger partial charge on any atom is -0.391 e. The first-order chi connectivity index (χ1) is 10.2. The Balaban J connectivity index is 2.10. The molecule has 2 heterocycles. The second-order valence-electron chi connectivity index (χ2n) is 5.07. The monoisotopic (exact) mass is 290 g/mol. The van der Waals surface area contributed by atoms with Gasteiger partial charge in [0.25, 0.3) is 5.89 Å². The van der Waals surface area contributed by atoms with Gasteiger partial charge >= 0.3 is 0 Å². The molecule has 0 saturated carbocycles. The van der Waals surface area contributed by atoms with Crippen molar-refractivity contribution in [3.63, 3.8) is 0 Å². The molecule has 0 radical (unpaired) electrons. The molecule has 0 aliphatic carbocycles. The summed E-state index contributed by atoms with van der Waals surface area (Å²) in [4.78, 5) is 8.51. The van der Waals surface area contributed by atoms with Crippen LogP contribution in [0.3, 0.4) is 0 Å². The lowest BCUT2D eigenvalue weighted by molar-refractivity contribution is 0.114. The number of aliphatic hydroxyl groups excluding tert-OH is 1. The highest BCUT2D eigenvalue weighted by Crippen LogP contribution is 2.24. The highest BCUT2D eigenvalue weighted by molar-refractivity contribution is 5.68. The van der Waals surface area contributed by atoms with Gasteiger partial charge in [-0.25, -0.2) is 4.98 Å². The maximum atomic E-state index is 10.2. The molecule has 0 aliphatic rings. The van der Waals surface area contributed by atoms with Crippen molar-refractivity contribution in [2.24, 2.45) is 5.92 Å². The third kappa shape index (κ3) is 3.78. The lowest BCUT2D eigenvalue weighted by Crippen LogP contribution is -2.28. The smallest absolute Gasteiger partial charge is 0.261 e. The normalized spacial score (nSPS) is 12.6. The van der Waals surface area contributed by atoms with E-state index in [2.05, 4.69) is 34.3 Å². The standard InChI is InChI=1S/C15H22N4O2/c1-4-11(5-2)13(20)9-17-14-12(7-6-8-16-14)15-18-10(3)19-21-15/h6-8,11,13,20H,4-5,9H2,1-3H3,(H,16,17). The van der Waals surface area contributed by atoms with Crippen LogP contribution in [0.2, 0.25) is 0 Å². The zero-order valence-corrected chi connectivity index (χ0v) is 12.7. The van der Waals surface area contributed by atoms with E-state index in [0.717, 1.165) is 18.4 Å². The van der Waals surface area contributed by atoms with Crippen molar-refractivity contribution in [3.8, 4) is 11.5 Å². The summed E-state index contributed by atoms with van der Waals surface area (Å²) in [5.41, 5.74) is 0.745. The Morgan fingerprint density at radius 2 is 2.10 bits per heavy atom. The van der Waals surface area contributed by atoms with Crippen LogP contribution in [-0.2, 0) is 0 Å². The molecule has 2 aromatic rings. The molecule has 114 valence electrons. The van der Waals surface area contributed by atoms with Crippen molar-refractivity contribution in [1.82, 2.24) is 15.1 Å². The van der Waals surface area contributed by atoms with Crippen LogP contribution in [0, 0.1) is 12.8 Å². The fourth-order valence-corrected chi connectivity index (χ4v) is 2.33. The van der Waals surface area contributed by atoms with Gasteiger partial charge < -0.3 is 14.9 Å². The fourth-order valence-electron chi connectivity index (χ4n) is 2.33. The Bertz CT molecular complexity index is 566. The van der Waals surface area contributed by atoms with Gasteiger partial charge in [0, 0.05) is 12.7 Å². The van der Waals surface area contributed by atoms with Gasteiger partial charge in [-0.1, -0.05) is 31.8 Å². The number of hydrogen-bond donors (Lipinski definition) is 2. The fraction of sp³-hybridized carbons (Fsp3) is 0.533. The van der Waals surface area contributed by atoms with Gasteiger partial charge in [0.15, 0.2) is 5.82 Å². The molecule has 0 fully saturated rings. The van der Waals surface area contributed by atoms with Crippen LogP contribution in [0.1, 0.15) is 32.5 Å². The average molecular weight is 290 g/mol. The maximum absolute atomic E-state index is 10.2. The number of pyridine rings is 1. The van der Waals surface area contributed by atoms with Crippen LogP contribution in [0.25, 0.3) is 11.5 Å². The zero-order valence-electron chi connectivity index (χ0n) is 12.7. The number of aromatic nitrogens is 3. The summed E-state index contributed by atoms with van der Waals surface area (Å²) in [7, 11) is 0. The van der Waals surface area contributed by atoms with Crippen LogP contribution in [-0.4, -0.2) is 32.9 Å². The van der Waals surface area contributed by atoms with E-state index < -0.39 is 6.10 Å². The molecule has 1 unspecified atom stereocenters. The van der Waals surface area contributed by atoms with Gasteiger partial charge in [0.1, 0.15) is 5.82 Å². The molecule has 0 saturated heterocycles. The molecule has 0 aliphatic heterocycles. The van der Waals surface area contributed by atoms with Gasteiger partial charge in [-0.3, -0.25) is 0 Å². The number of hydrogen-bond acceptors (Lipinski definition) is 6. The van der Waals surface area contributed by atoms with Crippen LogP contribution in [0.4, 0.5) is 5.82 Å². The predicted molar refractivity (Wildman–Crippen MR) is 80.8 cm³/mol. The highest BCUT2D eigenvalue weighted by Gasteiger charge is 2.17. The Morgan fingerprint density at radius 1 is 1.33 bits per heavy atom. The summed E-state index contributed by atoms with van der Waals surface area (Å²) in [5, 5.41) is 17.2. The molecule has 6 heteroatoms. The van der Waals surface area contributed by atoms with Crippen LogP contribution in [0.15, 0.2) is 22.9 Å². The number of rotatable bonds is 7. The zero-order chi connectivity index (χ0) is 15.2. The molecular formula is C15H22N4O2. The summed E-state index contributed by atoms with van der Waals surface area (Å²) in [6, 6.07) is 3.68. The van der Waals surface area contributed by atoms with E-state index in [1.165, 1.54) is 0 Å². The number of anilines is 1. The van der Waals surface area contributed by atoms with Crippen LogP contribution in [0.5, 0.6) is 0 Å². The molecule has 6 nitrogen and oxygen atoms in total. The van der Waals surface area contributed by atoms with Crippen molar-refractivity contribution < 1.29 is 9.63 Å². The summed E-state index contributed by atoms with van der Waals surface area (Å²) < 4.78 is 5.18. The topological polar surface area (TPSA) is 84.1 Å². The van der Waals surface area contributed by atoms with E-state index in [-0.39, 0.29) is 5.92 Å². The Labute approximate surface area is 124 Å². The molecule has 0 amide bonds. The van der Waals surface area contributed by atoms with Gasteiger partial charge in [0.2, 0.25) is 0 Å². The third-order valence-corrected chi connectivity index (χ3v) is 3.64. The van der Waals surface area contributed by atoms with Gasteiger partial charge in [-0.15, -0.1) is 0 Å². The van der Waals surface area contributed by atoms with E-state index >= 15 is 0 Å². The molecule has 2 aromatic heterocycles. The lowest BCUT2D eigenvalue weighted by Gasteiger charge is -2.21. The number of aliphatic hydroxyl groups is 1. The Hall–Kier alpha value is -1.95. The minimum absolute atomic E-state index is 0.287. The highest BCUT2D eigenvalue weighted by atomic mass is 16.5. The van der Waals surface area contributed by atoms with Gasteiger partial charge in [-0.05, 0) is 25.0 Å². The van der Waals surface area contributed by atoms with Crippen molar-refractivity contribution in [2.75, 3.05) is 11.9 Å². The van der Waals surface area contributed by atoms with E-state index in [4.69, 9.17) is 4.52 Å². The number of nitrogens with one attached hydrogen (secondary N) is 1. The average Bonchev–Trinajstić information content (AvgIpc) is 2.93. The summed E-state index contributed by atoms with van der Waals surface area (Å²) >= 11 is 0. The first-order valence-electron chi connectivity index (χ1n) is 7.33. The summed E-state index contributed by atoms with van der Waals surface area (Å²) in [6.07, 6.45) is 3.20. The van der Waals surface area contributed by atoms with E-state index in [1.54, 1.807) is 13.1 Å². The number of nitrogens with zero attached hydrogens (tertiary/aromatic N) is 3. The van der Waals surface area contributed by atoms with E-state index in [0.29, 0.717) is 24.1 Å². The van der Waals surface area contributed by atoms with Crippen LogP contribution >= 0.6 is 0 Å². The predicted octanol–water partition coefficient (Wildman–Crippen LogP) is 2.65. The van der Waals surface area contributed by atoms with Crippen LogP contribution < -0.4 is 5.32 Å². The van der Waals surface area contributed by atoms with Crippen molar-refractivity contribution in [3.05, 3.63) is 24.2 Å². The number of aryl methyl sites for hydroxylation is 1. The summed E-state index contributed by atoms with van der Waals surface area (Å²) in [6.45, 7) is 6.40. The van der Waals surface area contributed by atoms with Crippen molar-refractivity contribution in [2.45, 2.75) is 39.7 Å². The SMILES string of the molecule is CCC(CC)C(O)CNc1ncccc1-c1nc(C)no1. The molecule has 21 heavy (non-hydrogen) atoms. The second kappa shape index (κ2) is 7.17. The Morgan fingerprint density at radius 3 is 2.71 bits per heavy atom. The second-order valence-corrected chi connectivity index (χ2v) is 5.07. The molecule has 2 rings (SSSR count). The first-order valence-corrected chi connectivity index (χ1v) is 7.33.